The van der Waals surface area contributed by atoms with Crippen molar-refractivity contribution < 1.29 is 14.3 Å². The van der Waals surface area contributed by atoms with Gasteiger partial charge in [0.1, 0.15) is 0 Å². The second kappa shape index (κ2) is 7.33. The lowest BCUT2D eigenvalue weighted by atomic mass is 10.3. The molecule has 0 fully saturated rings. The van der Waals surface area contributed by atoms with Crippen LogP contribution in [0.5, 0.6) is 11.5 Å². The van der Waals surface area contributed by atoms with Crippen LogP contribution in [0.1, 0.15) is 37.3 Å². The Morgan fingerprint density at radius 1 is 1.27 bits per heavy atom. The Morgan fingerprint density at radius 3 is 2.54 bits per heavy atom. The fourth-order valence-electron chi connectivity index (χ4n) is 2.67. The van der Waals surface area contributed by atoms with Gasteiger partial charge in [0.05, 0.1) is 24.4 Å². The van der Waals surface area contributed by atoms with E-state index in [9.17, 15) is 4.79 Å². The zero-order valence-electron chi connectivity index (χ0n) is 15.5. The molecule has 0 spiro atoms. The molecule has 1 amide bonds. The number of hydrogen-bond acceptors (Lipinski definition) is 5. The van der Waals surface area contributed by atoms with E-state index in [1.54, 1.807) is 31.2 Å². The molecule has 3 aromatic rings. The molecule has 0 radical (unpaired) electrons. The van der Waals surface area contributed by atoms with E-state index in [2.05, 4.69) is 10.1 Å². The smallest absolute Gasteiger partial charge is 0.300 e. The maximum absolute atomic E-state index is 12.5. The predicted octanol–water partition coefficient (Wildman–Crippen LogP) is 3.26. The minimum absolute atomic E-state index is 0.196. The van der Waals surface area contributed by atoms with Crippen molar-refractivity contribution >= 4 is 27.5 Å². The highest BCUT2D eigenvalue weighted by Gasteiger charge is 2.14. The quantitative estimate of drug-likeness (QED) is 0.687. The Kier molecular flexibility index (Phi) is 5.13. The Hall–Kier alpha value is -2.61. The maximum Gasteiger partial charge on any atom is 0.300 e. The number of thiazole rings is 1. The lowest BCUT2D eigenvalue weighted by Crippen LogP contribution is -2.16. The van der Waals surface area contributed by atoms with E-state index < -0.39 is 0 Å². The molecule has 0 aliphatic rings. The van der Waals surface area contributed by atoms with Gasteiger partial charge in [0.25, 0.3) is 5.91 Å². The molecule has 2 heterocycles. The number of amides is 1. The van der Waals surface area contributed by atoms with Crippen LogP contribution in [0.3, 0.4) is 0 Å². The number of carbonyl (C=O) groups is 1. The molecule has 0 saturated carbocycles. The van der Waals surface area contributed by atoms with Crippen LogP contribution in [0.2, 0.25) is 0 Å². The number of ether oxygens (including phenoxy) is 2. The summed E-state index contributed by atoms with van der Waals surface area (Å²) in [6.45, 7) is 6.72. The van der Waals surface area contributed by atoms with Gasteiger partial charge in [0.2, 0.25) is 0 Å². The van der Waals surface area contributed by atoms with Crippen molar-refractivity contribution in [2.24, 2.45) is 4.99 Å². The third kappa shape index (κ3) is 3.24. The molecular formula is C18H22N4O3S. The van der Waals surface area contributed by atoms with Gasteiger partial charge in [-0.05, 0) is 26.8 Å². The van der Waals surface area contributed by atoms with Gasteiger partial charge in [0.15, 0.2) is 22.0 Å². The molecule has 0 saturated heterocycles. The van der Waals surface area contributed by atoms with E-state index in [0.717, 1.165) is 10.2 Å². The lowest BCUT2D eigenvalue weighted by Gasteiger charge is -2.08. The van der Waals surface area contributed by atoms with Crippen LogP contribution in [0.4, 0.5) is 0 Å². The van der Waals surface area contributed by atoms with Gasteiger partial charge >= 0.3 is 0 Å². The van der Waals surface area contributed by atoms with Crippen LogP contribution in [0.25, 0.3) is 10.2 Å². The van der Waals surface area contributed by atoms with E-state index in [1.807, 2.05) is 37.5 Å². The first-order valence-corrected chi connectivity index (χ1v) is 9.19. The number of hydrogen-bond donors (Lipinski definition) is 0. The number of rotatable bonds is 5. The Bertz CT molecular complexity index is 1010. The van der Waals surface area contributed by atoms with Gasteiger partial charge in [-0.3, -0.25) is 9.48 Å². The molecule has 1 aromatic carbocycles. The monoisotopic (exact) mass is 374 g/mol. The third-order valence-corrected chi connectivity index (χ3v) is 5.10. The first-order chi connectivity index (χ1) is 12.5. The highest BCUT2D eigenvalue weighted by molar-refractivity contribution is 7.16. The zero-order chi connectivity index (χ0) is 18.8. The molecule has 138 valence electrons. The largest absolute Gasteiger partial charge is 0.493 e. The zero-order valence-corrected chi connectivity index (χ0v) is 16.3. The van der Waals surface area contributed by atoms with Crippen LogP contribution < -0.4 is 14.3 Å². The molecule has 8 heteroatoms. The summed E-state index contributed by atoms with van der Waals surface area (Å²) in [6, 6.07) is 5.70. The molecule has 3 rings (SSSR count). The Balaban J connectivity index is 2.10. The molecule has 0 N–H and O–H groups in total. The standard InChI is InChI=1S/C18H22N4O3S/c1-6-21-13-9-14(24-4)15(25-5)10-16(13)26-18(21)19-17(23)12-7-8-22(20-12)11(2)3/h7-11H,6H2,1-5H3. The molecule has 0 aliphatic heterocycles. The van der Waals surface area contributed by atoms with Crippen molar-refractivity contribution in [3.63, 3.8) is 0 Å². The molecule has 7 nitrogen and oxygen atoms in total. The van der Waals surface area contributed by atoms with Crippen molar-refractivity contribution in [1.29, 1.82) is 0 Å². The van der Waals surface area contributed by atoms with Crippen LogP contribution in [-0.2, 0) is 6.54 Å². The van der Waals surface area contributed by atoms with E-state index in [-0.39, 0.29) is 11.9 Å². The molecular weight excluding hydrogens is 352 g/mol. The van der Waals surface area contributed by atoms with Gasteiger partial charge in [0, 0.05) is 30.9 Å². The maximum atomic E-state index is 12.5. The molecule has 0 aliphatic carbocycles. The predicted molar refractivity (Wildman–Crippen MR) is 101 cm³/mol. The number of aryl methyl sites for hydroxylation is 1. The fraction of sp³-hybridized carbons (Fsp3) is 0.389. The van der Waals surface area contributed by atoms with Gasteiger partial charge in [-0.2, -0.15) is 10.1 Å². The Labute approximate surface area is 155 Å². The van der Waals surface area contributed by atoms with Crippen LogP contribution >= 0.6 is 11.3 Å². The van der Waals surface area contributed by atoms with E-state index in [4.69, 9.17) is 9.47 Å². The topological polar surface area (TPSA) is 70.6 Å². The number of fused-ring (bicyclic) bond motifs is 1. The van der Waals surface area contributed by atoms with Crippen LogP contribution in [0.15, 0.2) is 29.4 Å². The number of carbonyl (C=O) groups excluding carboxylic acids is 1. The average Bonchev–Trinajstić information content (AvgIpc) is 3.24. The van der Waals surface area contributed by atoms with Crippen molar-refractivity contribution in [3.05, 3.63) is 34.9 Å². The second-order valence-corrected chi connectivity index (χ2v) is 7.00. The van der Waals surface area contributed by atoms with Crippen LogP contribution in [0, 0.1) is 0 Å². The summed E-state index contributed by atoms with van der Waals surface area (Å²) in [5.74, 6) is 0.948. The van der Waals surface area contributed by atoms with E-state index in [0.29, 0.717) is 28.5 Å². The molecule has 0 bridgehead atoms. The normalized spacial score (nSPS) is 12.2. The summed E-state index contributed by atoms with van der Waals surface area (Å²) in [6.07, 6.45) is 1.79. The minimum atomic E-state index is -0.350. The summed E-state index contributed by atoms with van der Waals surface area (Å²) >= 11 is 1.44. The van der Waals surface area contributed by atoms with Crippen molar-refractivity contribution in [3.8, 4) is 11.5 Å². The summed E-state index contributed by atoms with van der Waals surface area (Å²) in [7, 11) is 3.21. The first-order valence-electron chi connectivity index (χ1n) is 8.38. The first kappa shape index (κ1) is 18.2. The Morgan fingerprint density at radius 2 is 1.96 bits per heavy atom. The van der Waals surface area contributed by atoms with Crippen LogP contribution in [-0.4, -0.2) is 34.5 Å². The SMILES string of the molecule is CCn1c(=NC(=O)c2ccn(C(C)C)n2)sc2cc(OC)c(OC)cc21. The number of methoxy groups -OCH3 is 2. The van der Waals surface area contributed by atoms with Gasteiger partial charge in [-0.15, -0.1) is 0 Å². The number of aromatic nitrogens is 3. The summed E-state index contributed by atoms with van der Waals surface area (Å²) in [5.41, 5.74) is 1.29. The lowest BCUT2D eigenvalue weighted by molar-refractivity contribution is 0.0992. The van der Waals surface area contributed by atoms with Gasteiger partial charge < -0.3 is 14.0 Å². The third-order valence-electron chi connectivity index (χ3n) is 4.06. The minimum Gasteiger partial charge on any atom is -0.493 e. The highest BCUT2D eigenvalue weighted by Crippen LogP contribution is 2.33. The fourth-order valence-corrected chi connectivity index (χ4v) is 3.77. The van der Waals surface area contributed by atoms with E-state index >= 15 is 0 Å². The van der Waals surface area contributed by atoms with Crippen molar-refractivity contribution in [1.82, 2.24) is 14.3 Å². The summed E-state index contributed by atoms with van der Waals surface area (Å²) in [5, 5.41) is 4.30. The molecule has 26 heavy (non-hydrogen) atoms. The second-order valence-electron chi connectivity index (χ2n) is 6.00. The van der Waals surface area contributed by atoms with E-state index in [1.165, 1.54) is 11.3 Å². The highest BCUT2D eigenvalue weighted by atomic mass is 32.1. The number of benzene rings is 1. The van der Waals surface area contributed by atoms with Crippen molar-refractivity contribution in [2.45, 2.75) is 33.4 Å². The average molecular weight is 374 g/mol. The molecule has 2 aromatic heterocycles. The molecule has 0 atom stereocenters. The summed E-state index contributed by atoms with van der Waals surface area (Å²) in [4.78, 5) is 17.5. The van der Waals surface area contributed by atoms with Gasteiger partial charge in [-0.1, -0.05) is 11.3 Å². The summed E-state index contributed by atoms with van der Waals surface area (Å²) < 4.78 is 15.5. The van der Waals surface area contributed by atoms with Crippen molar-refractivity contribution in [2.75, 3.05) is 14.2 Å². The number of nitrogens with zero attached hydrogens (tertiary/aromatic N) is 4. The van der Waals surface area contributed by atoms with Gasteiger partial charge in [-0.25, -0.2) is 0 Å². The molecule has 0 unspecified atom stereocenters.